The SMILES string of the molecule is C=C(C)CN=C(N)NCC1COc2ccccc2O1. The molecule has 0 saturated carbocycles. The fourth-order valence-electron chi connectivity index (χ4n) is 1.66. The van der Waals surface area contributed by atoms with Gasteiger partial charge in [0.05, 0.1) is 13.1 Å². The molecule has 1 aliphatic rings. The van der Waals surface area contributed by atoms with Crippen molar-refractivity contribution in [2.75, 3.05) is 19.7 Å². The van der Waals surface area contributed by atoms with Crippen molar-refractivity contribution in [2.45, 2.75) is 13.0 Å². The first kappa shape index (κ1) is 13.3. The highest BCUT2D eigenvalue weighted by Crippen LogP contribution is 2.30. The molecule has 1 heterocycles. The van der Waals surface area contributed by atoms with Crippen molar-refractivity contribution in [1.29, 1.82) is 0 Å². The van der Waals surface area contributed by atoms with Crippen molar-refractivity contribution in [3.05, 3.63) is 36.4 Å². The summed E-state index contributed by atoms with van der Waals surface area (Å²) >= 11 is 0. The molecule has 1 atom stereocenters. The number of hydrogen-bond donors (Lipinski definition) is 2. The van der Waals surface area contributed by atoms with Crippen LogP contribution in [-0.2, 0) is 0 Å². The predicted molar refractivity (Wildman–Crippen MR) is 75.7 cm³/mol. The first-order chi connectivity index (χ1) is 9.15. The Morgan fingerprint density at radius 3 is 2.95 bits per heavy atom. The van der Waals surface area contributed by atoms with Crippen LogP contribution in [-0.4, -0.2) is 31.8 Å². The van der Waals surface area contributed by atoms with Crippen LogP contribution < -0.4 is 20.5 Å². The Hall–Kier alpha value is -2.17. The van der Waals surface area contributed by atoms with Crippen molar-refractivity contribution in [3.8, 4) is 11.5 Å². The smallest absolute Gasteiger partial charge is 0.189 e. The highest BCUT2D eigenvalue weighted by atomic mass is 16.6. The van der Waals surface area contributed by atoms with E-state index in [1.54, 1.807) is 0 Å². The summed E-state index contributed by atoms with van der Waals surface area (Å²) in [5, 5.41) is 3.02. The molecule has 1 aromatic carbocycles. The van der Waals surface area contributed by atoms with Gasteiger partial charge in [0, 0.05) is 0 Å². The summed E-state index contributed by atoms with van der Waals surface area (Å²) in [6.45, 7) is 7.26. The zero-order valence-electron chi connectivity index (χ0n) is 11.1. The third kappa shape index (κ3) is 3.91. The summed E-state index contributed by atoms with van der Waals surface area (Å²) in [4.78, 5) is 4.14. The molecule has 0 fully saturated rings. The number of para-hydroxylation sites is 2. The Kier molecular flexibility index (Phi) is 4.28. The number of rotatable bonds is 4. The van der Waals surface area contributed by atoms with E-state index in [-0.39, 0.29) is 6.10 Å². The topological polar surface area (TPSA) is 68.9 Å². The number of nitrogens with two attached hydrogens (primary N) is 1. The number of ether oxygens (including phenoxy) is 2. The summed E-state index contributed by atoms with van der Waals surface area (Å²) in [5.74, 6) is 1.94. The van der Waals surface area contributed by atoms with Crippen molar-refractivity contribution >= 4 is 5.96 Å². The average molecular weight is 261 g/mol. The normalized spacial score (nSPS) is 17.9. The molecule has 0 radical (unpaired) electrons. The maximum Gasteiger partial charge on any atom is 0.189 e. The Morgan fingerprint density at radius 2 is 2.21 bits per heavy atom. The molecule has 1 aliphatic heterocycles. The summed E-state index contributed by atoms with van der Waals surface area (Å²) in [7, 11) is 0. The van der Waals surface area contributed by atoms with Gasteiger partial charge in [0.1, 0.15) is 12.7 Å². The van der Waals surface area contributed by atoms with Crippen LogP contribution in [0.3, 0.4) is 0 Å². The van der Waals surface area contributed by atoms with Crippen molar-refractivity contribution in [1.82, 2.24) is 5.32 Å². The molecule has 0 amide bonds. The summed E-state index contributed by atoms with van der Waals surface area (Å²) in [6.07, 6.45) is -0.0755. The number of hydrogen-bond acceptors (Lipinski definition) is 3. The van der Waals surface area contributed by atoms with Gasteiger partial charge in [-0.25, -0.2) is 4.99 Å². The highest BCUT2D eigenvalue weighted by molar-refractivity contribution is 5.77. The van der Waals surface area contributed by atoms with E-state index in [9.17, 15) is 0 Å². The minimum Gasteiger partial charge on any atom is -0.486 e. The van der Waals surface area contributed by atoms with E-state index in [4.69, 9.17) is 15.2 Å². The molecule has 102 valence electrons. The molecule has 5 heteroatoms. The van der Waals surface area contributed by atoms with Gasteiger partial charge in [-0.1, -0.05) is 24.3 Å². The minimum absolute atomic E-state index is 0.0755. The molecule has 1 unspecified atom stereocenters. The molecule has 0 aliphatic carbocycles. The fourth-order valence-corrected chi connectivity index (χ4v) is 1.66. The molecular weight excluding hydrogens is 242 g/mol. The van der Waals surface area contributed by atoms with Crippen LogP contribution in [0.15, 0.2) is 41.4 Å². The van der Waals surface area contributed by atoms with Crippen LogP contribution in [0, 0.1) is 0 Å². The average Bonchev–Trinajstić information content (AvgIpc) is 2.42. The van der Waals surface area contributed by atoms with Gasteiger partial charge in [-0.2, -0.15) is 0 Å². The van der Waals surface area contributed by atoms with Crippen LogP contribution in [0.5, 0.6) is 11.5 Å². The number of nitrogens with zero attached hydrogens (tertiary/aromatic N) is 1. The second kappa shape index (κ2) is 6.13. The van der Waals surface area contributed by atoms with E-state index in [0.29, 0.717) is 25.7 Å². The van der Waals surface area contributed by atoms with Crippen LogP contribution in [0.25, 0.3) is 0 Å². The van der Waals surface area contributed by atoms with E-state index in [1.807, 2.05) is 31.2 Å². The number of nitrogens with one attached hydrogen (secondary N) is 1. The monoisotopic (exact) mass is 261 g/mol. The van der Waals surface area contributed by atoms with Gasteiger partial charge in [0.25, 0.3) is 0 Å². The third-order valence-electron chi connectivity index (χ3n) is 2.60. The molecule has 0 saturated heterocycles. The van der Waals surface area contributed by atoms with Crippen molar-refractivity contribution < 1.29 is 9.47 Å². The van der Waals surface area contributed by atoms with Crippen molar-refractivity contribution in [2.24, 2.45) is 10.7 Å². The number of benzene rings is 1. The largest absolute Gasteiger partial charge is 0.486 e. The Balaban J connectivity index is 1.82. The molecule has 0 aromatic heterocycles. The lowest BCUT2D eigenvalue weighted by molar-refractivity contribution is 0.0937. The van der Waals surface area contributed by atoms with E-state index >= 15 is 0 Å². The van der Waals surface area contributed by atoms with Gasteiger partial charge in [-0.15, -0.1) is 0 Å². The van der Waals surface area contributed by atoms with Crippen LogP contribution in [0.2, 0.25) is 0 Å². The molecule has 0 spiro atoms. The lowest BCUT2D eigenvalue weighted by atomic mass is 10.2. The number of fused-ring (bicyclic) bond motifs is 1. The minimum atomic E-state index is -0.0755. The van der Waals surface area contributed by atoms with Gasteiger partial charge in [0.2, 0.25) is 0 Å². The Labute approximate surface area is 113 Å². The standard InChI is InChI=1S/C14H19N3O2/c1-10(2)7-16-14(15)17-8-11-9-18-12-5-3-4-6-13(12)19-11/h3-6,11H,1,7-9H2,2H3,(H3,15,16,17). The molecular formula is C14H19N3O2. The molecule has 2 rings (SSSR count). The molecule has 1 aromatic rings. The molecule has 5 nitrogen and oxygen atoms in total. The van der Waals surface area contributed by atoms with Gasteiger partial charge < -0.3 is 20.5 Å². The predicted octanol–water partition coefficient (Wildman–Crippen LogP) is 1.31. The van der Waals surface area contributed by atoms with E-state index in [2.05, 4.69) is 16.9 Å². The first-order valence-electron chi connectivity index (χ1n) is 6.22. The Bertz CT molecular complexity index is 485. The zero-order chi connectivity index (χ0) is 13.7. The number of aliphatic imine (C=N–C) groups is 1. The fraction of sp³-hybridized carbons (Fsp3) is 0.357. The molecule has 19 heavy (non-hydrogen) atoms. The first-order valence-corrected chi connectivity index (χ1v) is 6.22. The zero-order valence-corrected chi connectivity index (χ0v) is 11.1. The van der Waals surface area contributed by atoms with Gasteiger partial charge in [-0.3, -0.25) is 0 Å². The lowest BCUT2D eigenvalue weighted by Gasteiger charge is -2.26. The summed E-state index contributed by atoms with van der Waals surface area (Å²) in [5.41, 5.74) is 6.70. The van der Waals surface area contributed by atoms with Crippen molar-refractivity contribution in [3.63, 3.8) is 0 Å². The van der Waals surface area contributed by atoms with E-state index < -0.39 is 0 Å². The maximum absolute atomic E-state index is 5.79. The maximum atomic E-state index is 5.79. The summed E-state index contributed by atoms with van der Waals surface area (Å²) < 4.78 is 11.4. The third-order valence-corrected chi connectivity index (χ3v) is 2.60. The molecule has 0 bridgehead atoms. The highest BCUT2D eigenvalue weighted by Gasteiger charge is 2.20. The van der Waals surface area contributed by atoms with Gasteiger partial charge in [-0.05, 0) is 19.1 Å². The van der Waals surface area contributed by atoms with Crippen LogP contribution >= 0.6 is 0 Å². The second-order valence-electron chi connectivity index (χ2n) is 4.54. The lowest BCUT2D eigenvalue weighted by Crippen LogP contribution is -2.43. The van der Waals surface area contributed by atoms with Crippen LogP contribution in [0.1, 0.15) is 6.92 Å². The van der Waals surface area contributed by atoms with Gasteiger partial charge in [0.15, 0.2) is 17.5 Å². The molecule has 3 N–H and O–H groups in total. The van der Waals surface area contributed by atoms with Gasteiger partial charge >= 0.3 is 0 Å². The quantitative estimate of drug-likeness (QED) is 0.487. The Morgan fingerprint density at radius 1 is 1.47 bits per heavy atom. The van der Waals surface area contributed by atoms with Crippen LogP contribution in [0.4, 0.5) is 0 Å². The van der Waals surface area contributed by atoms with E-state index in [1.165, 1.54) is 0 Å². The van der Waals surface area contributed by atoms with E-state index in [0.717, 1.165) is 17.1 Å². The summed E-state index contributed by atoms with van der Waals surface area (Å²) in [6, 6.07) is 7.62. The second-order valence-corrected chi connectivity index (χ2v) is 4.54. The number of guanidine groups is 1.